The van der Waals surface area contributed by atoms with Gasteiger partial charge in [0.25, 0.3) is 5.91 Å². The maximum Gasteiger partial charge on any atom is 0.408 e. The van der Waals surface area contributed by atoms with Gasteiger partial charge in [-0.05, 0) is 37.5 Å². The topological polar surface area (TPSA) is 75.4 Å². The molecule has 1 N–H and O–H groups in total. The van der Waals surface area contributed by atoms with E-state index in [2.05, 4.69) is 15.1 Å². The summed E-state index contributed by atoms with van der Waals surface area (Å²) in [7, 11) is 0. The van der Waals surface area contributed by atoms with Crippen LogP contribution in [-0.2, 0) is 0 Å². The Morgan fingerprint density at radius 2 is 2.10 bits per heavy atom. The molecular weight excluding hydrogens is 404 g/mol. The molecule has 0 unspecified atom stereocenters. The van der Waals surface area contributed by atoms with Crippen LogP contribution in [0.25, 0.3) is 5.65 Å². The van der Waals surface area contributed by atoms with Crippen LogP contribution in [0, 0.1) is 5.82 Å². The Balaban J connectivity index is 1.65. The molecule has 1 saturated heterocycles. The van der Waals surface area contributed by atoms with Crippen molar-refractivity contribution >= 4 is 17.4 Å². The second-order valence-electron chi connectivity index (χ2n) is 7.14. The van der Waals surface area contributed by atoms with Crippen molar-refractivity contribution in [3.8, 4) is 0 Å². The zero-order valence-corrected chi connectivity index (χ0v) is 15.9. The Hall–Kier alpha value is -3.24. The van der Waals surface area contributed by atoms with Gasteiger partial charge in [-0.1, -0.05) is 0 Å². The van der Waals surface area contributed by atoms with E-state index in [1.807, 2.05) is 10.2 Å². The molecule has 0 aromatic carbocycles. The second kappa shape index (κ2) is 7.54. The Morgan fingerprint density at radius 3 is 2.83 bits per heavy atom. The van der Waals surface area contributed by atoms with Crippen molar-refractivity contribution in [2.75, 3.05) is 11.4 Å². The fourth-order valence-corrected chi connectivity index (χ4v) is 3.53. The highest BCUT2D eigenvalue weighted by Gasteiger charge is 2.37. The largest absolute Gasteiger partial charge is 0.408 e. The molecule has 11 heteroatoms. The zero-order valence-electron chi connectivity index (χ0n) is 15.9. The first-order valence-corrected chi connectivity index (χ1v) is 9.33. The smallest absolute Gasteiger partial charge is 0.349 e. The van der Waals surface area contributed by atoms with E-state index in [9.17, 15) is 22.4 Å². The summed E-state index contributed by atoms with van der Waals surface area (Å²) in [4.78, 5) is 22.7. The first kappa shape index (κ1) is 20.0. The molecule has 1 aliphatic heterocycles. The van der Waals surface area contributed by atoms with Gasteiger partial charge in [0, 0.05) is 18.9 Å². The van der Waals surface area contributed by atoms with Crippen LogP contribution in [0.15, 0.2) is 36.9 Å². The first-order chi connectivity index (χ1) is 14.2. The van der Waals surface area contributed by atoms with Crippen LogP contribution in [0.4, 0.5) is 23.4 Å². The third-order valence-corrected chi connectivity index (χ3v) is 5.10. The summed E-state index contributed by atoms with van der Waals surface area (Å²) in [5.41, 5.74) is 0.790. The van der Waals surface area contributed by atoms with Gasteiger partial charge in [-0.25, -0.2) is 13.9 Å². The van der Waals surface area contributed by atoms with E-state index < -0.39 is 23.9 Å². The van der Waals surface area contributed by atoms with Crippen LogP contribution < -0.4 is 10.2 Å². The molecule has 0 spiro atoms. The number of nitrogens with one attached hydrogen (secondary N) is 1. The minimum absolute atomic E-state index is 0.0591. The summed E-state index contributed by atoms with van der Waals surface area (Å²) in [6.45, 7) is 1.52. The van der Waals surface area contributed by atoms with Gasteiger partial charge in [-0.3, -0.25) is 9.78 Å². The highest BCUT2D eigenvalue weighted by atomic mass is 19.4. The molecule has 7 nitrogen and oxygen atoms in total. The molecule has 4 heterocycles. The third-order valence-electron chi connectivity index (χ3n) is 5.10. The fourth-order valence-electron chi connectivity index (χ4n) is 3.53. The van der Waals surface area contributed by atoms with E-state index >= 15 is 0 Å². The summed E-state index contributed by atoms with van der Waals surface area (Å²) < 4.78 is 53.3. The zero-order chi connectivity index (χ0) is 21.5. The Bertz CT molecular complexity index is 1080. The van der Waals surface area contributed by atoms with Crippen LogP contribution in [0.1, 0.15) is 41.7 Å². The number of rotatable bonds is 4. The van der Waals surface area contributed by atoms with E-state index in [0.717, 1.165) is 26.0 Å². The molecule has 0 bridgehead atoms. The third kappa shape index (κ3) is 3.79. The minimum Gasteiger partial charge on any atom is -0.349 e. The highest BCUT2D eigenvalue weighted by Crippen LogP contribution is 2.35. The van der Waals surface area contributed by atoms with E-state index in [-0.39, 0.29) is 17.3 Å². The van der Waals surface area contributed by atoms with Crippen LogP contribution in [0.5, 0.6) is 0 Å². The number of carbonyl (C=O) groups excluding carboxylic acids is 1. The summed E-state index contributed by atoms with van der Waals surface area (Å²) in [5.74, 6) is -0.823. The molecule has 3 aromatic rings. The van der Waals surface area contributed by atoms with Crippen molar-refractivity contribution in [3.05, 3.63) is 53.9 Å². The molecule has 1 amide bonds. The van der Waals surface area contributed by atoms with Crippen molar-refractivity contribution in [2.24, 2.45) is 0 Å². The lowest BCUT2D eigenvalue weighted by molar-refractivity contribution is -0.149. The molecule has 1 fully saturated rings. The van der Waals surface area contributed by atoms with Gasteiger partial charge in [-0.2, -0.15) is 18.3 Å². The fraction of sp³-hybridized carbons (Fsp3) is 0.368. The SMILES string of the molecule is C[C@H](NC(=O)c1cnn2ccc(N3CCC[C@@H]3c3cncc(F)c3)nc12)C(F)(F)F. The van der Waals surface area contributed by atoms with Crippen molar-refractivity contribution in [1.82, 2.24) is 24.9 Å². The number of hydrogen-bond acceptors (Lipinski definition) is 5. The lowest BCUT2D eigenvalue weighted by atomic mass is 10.1. The molecule has 4 rings (SSSR count). The lowest BCUT2D eigenvalue weighted by Crippen LogP contribution is -2.43. The monoisotopic (exact) mass is 422 g/mol. The van der Waals surface area contributed by atoms with E-state index in [0.29, 0.717) is 17.9 Å². The van der Waals surface area contributed by atoms with Crippen LogP contribution >= 0.6 is 0 Å². The molecule has 30 heavy (non-hydrogen) atoms. The molecule has 3 aromatic heterocycles. The van der Waals surface area contributed by atoms with E-state index in [1.54, 1.807) is 18.5 Å². The number of pyridine rings is 1. The summed E-state index contributed by atoms with van der Waals surface area (Å²) in [5, 5.41) is 5.92. The molecule has 1 aliphatic rings. The van der Waals surface area contributed by atoms with Crippen molar-refractivity contribution in [1.29, 1.82) is 0 Å². The molecule has 0 aliphatic carbocycles. The normalized spacial score (nSPS) is 18.0. The number of hydrogen-bond donors (Lipinski definition) is 1. The average Bonchev–Trinajstić information content (AvgIpc) is 3.33. The van der Waals surface area contributed by atoms with Crippen molar-refractivity contribution < 1.29 is 22.4 Å². The Morgan fingerprint density at radius 1 is 1.30 bits per heavy atom. The van der Waals surface area contributed by atoms with Gasteiger partial charge >= 0.3 is 6.18 Å². The number of halogens is 4. The lowest BCUT2D eigenvalue weighted by Gasteiger charge is -2.26. The van der Waals surface area contributed by atoms with Crippen LogP contribution in [-0.4, -0.2) is 44.3 Å². The summed E-state index contributed by atoms with van der Waals surface area (Å²) in [6.07, 6.45) is 2.56. The maximum absolute atomic E-state index is 13.6. The number of nitrogens with zero attached hydrogens (tertiary/aromatic N) is 5. The van der Waals surface area contributed by atoms with Crippen LogP contribution in [0.3, 0.4) is 0 Å². The van der Waals surface area contributed by atoms with E-state index in [4.69, 9.17) is 0 Å². The number of carbonyl (C=O) groups is 1. The number of alkyl halides is 3. The van der Waals surface area contributed by atoms with Crippen molar-refractivity contribution in [3.63, 3.8) is 0 Å². The van der Waals surface area contributed by atoms with Gasteiger partial charge in [0.1, 0.15) is 23.2 Å². The van der Waals surface area contributed by atoms with Gasteiger partial charge in [0.15, 0.2) is 5.65 Å². The number of amides is 1. The average molecular weight is 422 g/mol. The van der Waals surface area contributed by atoms with Gasteiger partial charge in [0.05, 0.1) is 18.4 Å². The summed E-state index contributed by atoms with van der Waals surface area (Å²) in [6, 6.07) is 0.968. The van der Waals surface area contributed by atoms with Crippen LogP contribution in [0.2, 0.25) is 0 Å². The minimum atomic E-state index is -4.56. The predicted molar refractivity (Wildman–Crippen MR) is 99.5 cm³/mol. The standard InChI is InChI=1S/C19H18F4N6O/c1-11(19(21,22)23)26-18(30)14-10-25-29-6-4-16(27-17(14)29)28-5-2-3-15(28)12-7-13(20)9-24-8-12/h4,6-11,15H,2-3,5H2,1H3,(H,26,30)/t11-,15+/m0/s1. The van der Waals surface area contributed by atoms with Gasteiger partial charge in [-0.15, -0.1) is 0 Å². The predicted octanol–water partition coefficient (Wildman–Crippen LogP) is 3.29. The summed E-state index contributed by atoms with van der Waals surface area (Å²) >= 11 is 0. The molecule has 0 radical (unpaired) electrons. The number of aromatic nitrogens is 4. The Kier molecular flexibility index (Phi) is 5.04. The molecule has 2 atom stereocenters. The molecular formula is C19H18F4N6O. The van der Waals surface area contributed by atoms with Gasteiger partial charge < -0.3 is 10.2 Å². The molecule has 158 valence electrons. The second-order valence-corrected chi connectivity index (χ2v) is 7.14. The number of fused-ring (bicyclic) bond motifs is 1. The molecule has 0 saturated carbocycles. The first-order valence-electron chi connectivity index (χ1n) is 9.33. The maximum atomic E-state index is 13.6. The van der Waals surface area contributed by atoms with Gasteiger partial charge in [0.2, 0.25) is 0 Å². The number of anilines is 1. The van der Waals surface area contributed by atoms with E-state index in [1.165, 1.54) is 16.8 Å². The highest BCUT2D eigenvalue weighted by molar-refractivity contribution is 6.00. The quantitative estimate of drug-likeness (QED) is 0.653. The Labute approximate surface area is 168 Å². The van der Waals surface area contributed by atoms with Crippen molar-refractivity contribution in [2.45, 2.75) is 38.0 Å².